The fourth-order valence-electron chi connectivity index (χ4n) is 5.45. The number of nitrogens with one attached hydrogen (secondary N) is 1. The molecule has 1 aromatic carbocycles. The third-order valence-corrected chi connectivity index (χ3v) is 7.69. The summed E-state index contributed by atoms with van der Waals surface area (Å²) in [5, 5.41) is 23.7. The van der Waals surface area contributed by atoms with Crippen molar-refractivity contribution in [1.82, 2.24) is 24.8 Å². The molecule has 3 aromatic rings. The second kappa shape index (κ2) is 12.8. The molecule has 1 saturated heterocycles. The predicted octanol–water partition coefficient (Wildman–Crippen LogP) is 1.87. The van der Waals surface area contributed by atoms with Crippen LogP contribution in [-0.2, 0) is 32.0 Å². The van der Waals surface area contributed by atoms with E-state index in [1.165, 1.54) is 10.9 Å². The van der Waals surface area contributed by atoms with Crippen molar-refractivity contribution >= 4 is 29.0 Å². The Morgan fingerprint density at radius 1 is 1.07 bits per heavy atom. The van der Waals surface area contributed by atoms with Gasteiger partial charge in [0.15, 0.2) is 23.8 Å². The van der Waals surface area contributed by atoms with Gasteiger partial charge in [-0.15, -0.1) is 0 Å². The molecular weight excluding hydrogens is 532 g/mol. The normalized spacial score (nSPS) is 26.1. The molecule has 4 atom stereocenters. The Hall–Kier alpha value is -3.81. The smallest absolute Gasteiger partial charge is 0.434 e. The van der Waals surface area contributed by atoms with E-state index in [0.717, 1.165) is 31.2 Å². The van der Waals surface area contributed by atoms with Crippen molar-refractivity contribution in [2.45, 2.75) is 70.2 Å². The Morgan fingerprint density at radius 3 is 2.54 bits per heavy atom. The number of benzene rings is 1. The van der Waals surface area contributed by atoms with Gasteiger partial charge in [0.2, 0.25) is 0 Å². The quantitative estimate of drug-likeness (QED) is 0.276. The summed E-state index contributed by atoms with van der Waals surface area (Å²) < 4.78 is 17.7. The molecule has 0 radical (unpaired) electrons. The van der Waals surface area contributed by atoms with Crippen molar-refractivity contribution in [3.05, 3.63) is 48.0 Å². The van der Waals surface area contributed by atoms with Crippen LogP contribution in [0.25, 0.3) is 11.2 Å². The van der Waals surface area contributed by atoms with Crippen LogP contribution in [0.4, 0.5) is 10.6 Å². The van der Waals surface area contributed by atoms with Crippen LogP contribution in [0.5, 0.6) is 0 Å². The molecule has 1 aliphatic carbocycles. The molecule has 0 spiro atoms. The van der Waals surface area contributed by atoms with Gasteiger partial charge < -0.3 is 35.5 Å². The van der Waals surface area contributed by atoms with Crippen molar-refractivity contribution in [1.29, 1.82) is 0 Å². The zero-order valence-electron chi connectivity index (χ0n) is 22.9. The summed E-state index contributed by atoms with van der Waals surface area (Å²) in [6.45, 7) is 2.62. The average molecular weight is 569 g/mol. The minimum absolute atomic E-state index is 0.181. The highest BCUT2D eigenvalue weighted by Gasteiger charge is 2.47. The molecule has 13 nitrogen and oxygen atoms in total. The largest absolute Gasteiger partial charge is 0.508 e. The van der Waals surface area contributed by atoms with Crippen LogP contribution in [0.2, 0.25) is 0 Å². The lowest BCUT2D eigenvalue weighted by molar-refractivity contribution is -0.137. The number of anilines is 1. The number of carbonyl (C=O) groups is 2. The van der Waals surface area contributed by atoms with Gasteiger partial charge in [-0.3, -0.25) is 9.36 Å². The van der Waals surface area contributed by atoms with E-state index in [1.807, 2.05) is 30.3 Å². The number of ether oxygens (including phenoxy) is 3. The van der Waals surface area contributed by atoms with Crippen molar-refractivity contribution < 1.29 is 34.0 Å². The first-order valence-electron chi connectivity index (χ1n) is 14.0. The number of aliphatic hydroxyl groups excluding tert-OH is 2. The van der Waals surface area contributed by atoms with Gasteiger partial charge in [0.05, 0.1) is 12.9 Å². The summed E-state index contributed by atoms with van der Waals surface area (Å²) >= 11 is 0. The van der Waals surface area contributed by atoms with Crippen LogP contribution in [0.15, 0.2) is 36.7 Å². The second-order valence-corrected chi connectivity index (χ2v) is 10.6. The van der Waals surface area contributed by atoms with Crippen molar-refractivity contribution in [3.8, 4) is 0 Å². The molecule has 1 amide bonds. The van der Waals surface area contributed by atoms with Gasteiger partial charge in [-0.2, -0.15) is 0 Å². The van der Waals surface area contributed by atoms with Gasteiger partial charge in [0.1, 0.15) is 30.2 Å². The molecule has 5 rings (SSSR count). The number of nitrogen functional groups attached to an aromatic ring is 1. The van der Waals surface area contributed by atoms with Crippen LogP contribution in [0.1, 0.15) is 50.2 Å². The number of aliphatic hydroxyl groups is 2. The third-order valence-electron chi connectivity index (χ3n) is 7.69. The molecule has 2 aliphatic rings. The lowest BCUT2D eigenvalue weighted by Crippen LogP contribution is -2.42. The number of fused-ring (bicyclic) bond motifs is 1. The molecule has 13 heteroatoms. The Morgan fingerprint density at radius 2 is 1.80 bits per heavy atom. The molecule has 2 fully saturated rings. The van der Waals surface area contributed by atoms with Crippen LogP contribution in [-0.4, -0.2) is 73.3 Å². The first kappa shape index (κ1) is 28.7. The number of aromatic nitrogens is 4. The van der Waals surface area contributed by atoms with E-state index >= 15 is 0 Å². The van der Waals surface area contributed by atoms with E-state index in [2.05, 4.69) is 20.3 Å². The first-order chi connectivity index (χ1) is 19.8. The monoisotopic (exact) mass is 568 g/mol. The fraction of sp³-hybridized carbons (Fsp3) is 0.536. The average Bonchev–Trinajstić information content (AvgIpc) is 3.53. The maximum Gasteiger partial charge on any atom is 0.508 e. The number of hydrogen-bond acceptors (Lipinski definition) is 11. The maximum absolute atomic E-state index is 12.3. The Labute approximate surface area is 237 Å². The van der Waals surface area contributed by atoms with E-state index in [1.54, 1.807) is 6.92 Å². The van der Waals surface area contributed by atoms with Crippen molar-refractivity contribution in [2.75, 3.05) is 18.9 Å². The number of rotatable bonds is 9. The molecule has 3 heterocycles. The van der Waals surface area contributed by atoms with E-state index in [-0.39, 0.29) is 18.3 Å². The Bertz CT molecular complexity index is 1340. The molecule has 220 valence electrons. The van der Waals surface area contributed by atoms with Crippen LogP contribution in [0, 0.1) is 11.8 Å². The first-order valence-corrected chi connectivity index (χ1v) is 14.0. The topological polar surface area (TPSA) is 184 Å². The molecule has 1 aliphatic heterocycles. The van der Waals surface area contributed by atoms with E-state index in [4.69, 9.17) is 19.9 Å². The molecule has 41 heavy (non-hydrogen) atoms. The Balaban J connectivity index is 1.16. The summed E-state index contributed by atoms with van der Waals surface area (Å²) in [7, 11) is 0. The van der Waals surface area contributed by atoms with E-state index in [9.17, 15) is 19.8 Å². The summed E-state index contributed by atoms with van der Waals surface area (Å²) in [6, 6.07) is 9.45. The van der Waals surface area contributed by atoms with Gasteiger partial charge in [0.25, 0.3) is 5.91 Å². The molecule has 1 saturated carbocycles. The van der Waals surface area contributed by atoms with Gasteiger partial charge >= 0.3 is 6.16 Å². The maximum atomic E-state index is 12.3. The number of carbonyl (C=O) groups excluding carboxylic acids is 2. The minimum atomic E-state index is -1.41. The number of nitrogens with zero attached hydrogens (tertiary/aromatic N) is 4. The fourth-order valence-corrected chi connectivity index (χ4v) is 5.45. The number of amides is 1. The molecule has 0 bridgehead atoms. The highest BCUT2D eigenvalue weighted by Crippen LogP contribution is 2.34. The zero-order chi connectivity index (χ0) is 28.9. The highest BCUT2D eigenvalue weighted by atomic mass is 16.7. The summed E-state index contributed by atoms with van der Waals surface area (Å²) in [6.07, 6.45) is -0.105. The number of imidazole rings is 1. The Kier molecular flexibility index (Phi) is 8.96. The number of likely N-dealkylation sites (N-methyl/N-ethyl adjacent to an activating group) is 1. The third kappa shape index (κ3) is 6.58. The zero-order valence-corrected chi connectivity index (χ0v) is 22.9. The minimum Gasteiger partial charge on any atom is -0.434 e. The highest BCUT2D eigenvalue weighted by molar-refractivity contribution is 5.83. The van der Waals surface area contributed by atoms with Crippen LogP contribution in [0.3, 0.4) is 0 Å². The van der Waals surface area contributed by atoms with Gasteiger partial charge in [-0.1, -0.05) is 30.3 Å². The number of hydrogen-bond donors (Lipinski definition) is 4. The number of nitrogens with two attached hydrogens (primary N) is 1. The van der Waals surface area contributed by atoms with Crippen molar-refractivity contribution in [2.24, 2.45) is 11.8 Å². The second-order valence-electron chi connectivity index (χ2n) is 10.6. The van der Waals surface area contributed by atoms with Gasteiger partial charge in [0, 0.05) is 13.0 Å². The van der Waals surface area contributed by atoms with E-state index in [0.29, 0.717) is 42.5 Å². The predicted molar refractivity (Wildman–Crippen MR) is 146 cm³/mol. The molecule has 2 unspecified atom stereocenters. The summed E-state index contributed by atoms with van der Waals surface area (Å²) in [5.74, 6) is 0.811. The lowest BCUT2D eigenvalue weighted by atomic mass is 9.81. The van der Waals surface area contributed by atoms with Gasteiger partial charge in [-0.05, 0) is 50.0 Å². The summed E-state index contributed by atoms with van der Waals surface area (Å²) in [4.78, 5) is 37.7. The van der Waals surface area contributed by atoms with Crippen molar-refractivity contribution in [3.63, 3.8) is 0 Å². The standard InChI is InChI=1S/C28H36N6O7/c1-2-30-26(37)23-21(35)22(36)27(41-23)34-15-31-20-24(29)32-19(33-25(20)34)12-16-8-10-18(11-9-16)14-40-28(38)39-13-17-6-4-3-5-7-17/h3-7,15-16,18,21-23,27,35-36H,2,8-14H2,1H3,(H,30,37)(H2,29,32,33)/t16-,18-,21?,22?,23-,27+/m0/s1. The van der Waals surface area contributed by atoms with Gasteiger partial charge in [-0.25, -0.2) is 19.7 Å². The lowest BCUT2D eigenvalue weighted by Gasteiger charge is -2.27. The SMILES string of the molecule is CCNC(=O)[C@H]1O[C@@H](n2cnc3c(N)nc(C[C@H]4CC[C@H](COC(=O)OCc5ccccc5)CC4)nc32)C(O)C1O. The van der Waals surface area contributed by atoms with Crippen LogP contribution < -0.4 is 11.1 Å². The molecular formula is C28H36N6O7. The van der Waals surface area contributed by atoms with E-state index < -0.39 is 36.6 Å². The molecule has 5 N–H and O–H groups in total. The summed E-state index contributed by atoms with van der Waals surface area (Å²) in [5.41, 5.74) is 7.81. The van der Waals surface area contributed by atoms with Crippen LogP contribution >= 0.6 is 0 Å². The molecule has 2 aromatic heterocycles.